The number of likely N-dealkylation sites (N-methyl/N-ethyl adjacent to an activating group) is 1. The summed E-state index contributed by atoms with van der Waals surface area (Å²) in [4.78, 5) is 35.0. The number of methoxy groups -OCH3 is 1. The molecular weight excluding hydrogens is 344 g/mol. The van der Waals surface area contributed by atoms with E-state index in [1.54, 1.807) is 4.90 Å². The normalized spacial score (nSPS) is 21.3. The predicted molar refractivity (Wildman–Crippen MR) is 102 cm³/mol. The third-order valence-electron chi connectivity index (χ3n) is 5.75. The van der Waals surface area contributed by atoms with Crippen LogP contribution in [0, 0.1) is 0 Å². The van der Waals surface area contributed by atoms with Crippen molar-refractivity contribution in [2.24, 2.45) is 0 Å². The molecule has 0 radical (unpaired) electrons. The Balaban J connectivity index is 1.58. The van der Waals surface area contributed by atoms with E-state index >= 15 is 0 Å². The van der Waals surface area contributed by atoms with Crippen molar-refractivity contribution in [3.8, 4) is 0 Å². The van der Waals surface area contributed by atoms with Gasteiger partial charge in [0, 0.05) is 49.2 Å². The van der Waals surface area contributed by atoms with E-state index < -0.39 is 6.04 Å². The Morgan fingerprint density at radius 3 is 2.67 bits per heavy atom. The number of benzene rings is 1. The van der Waals surface area contributed by atoms with Crippen molar-refractivity contribution in [2.45, 2.75) is 19.0 Å². The highest BCUT2D eigenvalue weighted by Gasteiger charge is 2.37. The summed E-state index contributed by atoms with van der Waals surface area (Å²) in [6.45, 7) is 4.42. The minimum Gasteiger partial charge on any atom is -0.467 e. The number of hydrogen-bond donors (Lipinski definition) is 1. The average molecular weight is 370 g/mol. The number of para-hydroxylation sites is 1. The number of aromatic amines is 1. The van der Waals surface area contributed by atoms with Crippen molar-refractivity contribution < 1.29 is 14.3 Å². The molecule has 144 valence electrons. The number of amides is 1. The van der Waals surface area contributed by atoms with Crippen molar-refractivity contribution in [1.82, 2.24) is 19.7 Å². The number of carbonyl (C=O) groups is 2. The van der Waals surface area contributed by atoms with E-state index in [0.29, 0.717) is 19.5 Å². The van der Waals surface area contributed by atoms with Gasteiger partial charge in [-0.2, -0.15) is 0 Å². The van der Waals surface area contributed by atoms with Crippen LogP contribution in [-0.4, -0.2) is 84.5 Å². The molecule has 0 aliphatic carbocycles. The Bertz CT molecular complexity index is 854. The summed E-state index contributed by atoms with van der Waals surface area (Å²) in [7, 11) is 3.48. The van der Waals surface area contributed by atoms with E-state index in [9.17, 15) is 9.59 Å². The van der Waals surface area contributed by atoms with E-state index in [-0.39, 0.29) is 11.9 Å². The average Bonchev–Trinajstić information content (AvgIpc) is 3.05. The Morgan fingerprint density at radius 1 is 1.19 bits per heavy atom. The molecule has 3 heterocycles. The number of nitrogens with one attached hydrogen (secondary N) is 1. The number of aromatic nitrogens is 1. The first-order chi connectivity index (χ1) is 13.1. The molecule has 7 nitrogen and oxygen atoms in total. The van der Waals surface area contributed by atoms with Crippen LogP contribution in [0.2, 0.25) is 0 Å². The number of fused-ring (bicyclic) bond motifs is 3. The van der Waals surface area contributed by atoms with Crippen LogP contribution < -0.4 is 0 Å². The molecule has 7 heteroatoms. The van der Waals surface area contributed by atoms with E-state index in [1.165, 1.54) is 7.11 Å². The van der Waals surface area contributed by atoms with Gasteiger partial charge in [-0.1, -0.05) is 18.2 Å². The van der Waals surface area contributed by atoms with Gasteiger partial charge in [-0.05, 0) is 18.7 Å². The summed E-state index contributed by atoms with van der Waals surface area (Å²) < 4.78 is 5.01. The van der Waals surface area contributed by atoms with Crippen molar-refractivity contribution >= 4 is 22.8 Å². The highest BCUT2D eigenvalue weighted by atomic mass is 16.5. The van der Waals surface area contributed by atoms with Crippen LogP contribution in [0.3, 0.4) is 0 Å². The van der Waals surface area contributed by atoms with Crippen LogP contribution in [0.4, 0.5) is 0 Å². The van der Waals surface area contributed by atoms with Crippen molar-refractivity contribution in [3.05, 3.63) is 35.5 Å². The van der Waals surface area contributed by atoms with Gasteiger partial charge < -0.3 is 19.5 Å². The quantitative estimate of drug-likeness (QED) is 0.811. The molecular formula is C20H26N4O3. The molecule has 0 unspecified atom stereocenters. The van der Waals surface area contributed by atoms with Crippen LogP contribution in [0.5, 0.6) is 0 Å². The molecule has 27 heavy (non-hydrogen) atoms. The first-order valence-corrected chi connectivity index (χ1v) is 9.43. The van der Waals surface area contributed by atoms with Crippen LogP contribution in [0.15, 0.2) is 24.3 Å². The van der Waals surface area contributed by atoms with Gasteiger partial charge in [0.05, 0.1) is 20.2 Å². The zero-order valence-electron chi connectivity index (χ0n) is 15.9. The molecule has 0 saturated carbocycles. The molecule has 1 atom stereocenters. The summed E-state index contributed by atoms with van der Waals surface area (Å²) in [5, 5.41) is 1.12. The number of hydrogen-bond acceptors (Lipinski definition) is 5. The lowest BCUT2D eigenvalue weighted by molar-refractivity contribution is -0.154. The number of piperazine rings is 1. The fourth-order valence-corrected chi connectivity index (χ4v) is 4.10. The van der Waals surface area contributed by atoms with E-state index in [1.807, 2.05) is 18.2 Å². The monoisotopic (exact) mass is 370 g/mol. The molecule has 1 amide bonds. The standard InChI is InChI=1S/C20H26N4O3/c1-22-7-9-23(10-8-22)13-19(25)24-12-17-15(11-18(24)20(26)27-2)14-5-3-4-6-16(14)21-17/h3-6,18,21H,7-13H2,1-2H3/t18-/m0/s1. The van der Waals surface area contributed by atoms with Crippen molar-refractivity contribution in [1.29, 1.82) is 0 Å². The third-order valence-corrected chi connectivity index (χ3v) is 5.75. The molecule has 1 aromatic heterocycles. The van der Waals surface area contributed by atoms with Crippen LogP contribution in [-0.2, 0) is 27.3 Å². The van der Waals surface area contributed by atoms with Gasteiger partial charge >= 0.3 is 5.97 Å². The van der Waals surface area contributed by atoms with Crippen LogP contribution in [0.25, 0.3) is 10.9 Å². The second kappa shape index (κ2) is 7.32. The lowest BCUT2D eigenvalue weighted by Gasteiger charge is -2.37. The minimum atomic E-state index is -0.568. The molecule has 2 aliphatic rings. The topological polar surface area (TPSA) is 68.9 Å². The molecule has 1 saturated heterocycles. The number of nitrogens with zero attached hydrogens (tertiary/aromatic N) is 3. The lowest BCUT2D eigenvalue weighted by Crippen LogP contribution is -2.54. The minimum absolute atomic E-state index is 0.0146. The number of H-pyrrole nitrogens is 1. The van der Waals surface area contributed by atoms with E-state index in [0.717, 1.165) is 48.3 Å². The highest BCUT2D eigenvalue weighted by molar-refractivity contribution is 5.90. The molecule has 0 spiro atoms. The summed E-state index contributed by atoms with van der Waals surface area (Å²) in [6.07, 6.45) is 0.487. The van der Waals surface area contributed by atoms with E-state index in [4.69, 9.17) is 4.74 Å². The maximum Gasteiger partial charge on any atom is 0.328 e. The van der Waals surface area contributed by atoms with Gasteiger partial charge in [0.15, 0.2) is 0 Å². The number of esters is 1. The molecule has 2 aromatic rings. The molecule has 2 aliphatic heterocycles. The Morgan fingerprint density at radius 2 is 1.93 bits per heavy atom. The summed E-state index contributed by atoms with van der Waals surface area (Å²) in [5.74, 6) is -0.364. The number of rotatable bonds is 3. The first-order valence-electron chi connectivity index (χ1n) is 9.43. The highest BCUT2D eigenvalue weighted by Crippen LogP contribution is 2.30. The maximum atomic E-state index is 13.1. The fourth-order valence-electron chi connectivity index (χ4n) is 4.10. The zero-order valence-corrected chi connectivity index (χ0v) is 15.9. The van der Waals surface area contributed by atoms with Gasteiger partial charge in [0.2, 0.25) is 5.91 Å². The summed E-state index contributed by atoms with van der Waals surface area (Å²) in [6, 6.07) is 7.49. The zero-order chi connectivity index (χ0) is 19.0. The Hall–Kier alpha value is -2.38. The number of ether oxygens (including phenoxy) is 1. The summed E-state index contributed by atoms with van der Waals surface area (Å²) in [5.41, 5.74) is 3.17. The van der Waals surface area contributed by atoms with Gasteiger partial charge in [0.1, 0.15) is 6.04 Å². The SMILES string of the molecule is COC(=O)[C@@H]1Cc2c([nH]c3ccccc23)CN1C(=O)CN1CCN(C)CC1. The second-order valence-electron chi connectivity index (χ2n) is 7.47. The lowest BCUT2D eigenvalue weighted by atomic mass is 9.96. The molecule has 4 rings (SSSR count). The van der Waals surface area contributed by atoms with Gasteiger partial charge in [0.25, 0.3) is 0 Å². The molecule has 0 bridgehead atoms. The summed E-state index contributed by atoms with van der Waals surface area (Å²) >= 11 is 0. The predicted octanol–water partition coefficient (Wildman–Crippen LogP) is 0.842. The van der Waals surface area contributed by atoms with Gasteiger partial charge in [-0.15, -0.1) is 0 Å². The van der Waals surface area contributed by atoms with Crippen LogP contribution >= 0.6 is 0 Å². The first kappa shape index (κ1) is 18.0. The van der Waals surface area contributed by atoms with Crippen molar-refractivity contribution in [3.63, 3.8) is 0 Å². The molecule has 1 fully saturated rings. The maximum absolute atomic E-state index is 13.1. The second-order valence-corrected chi connectivity index (χ2v) is 7.47. The number of carbonyl (C=O) groups excluding carboxylic acids is 2. The molecule has 1 aromatic carbocycles. The molecule has 1 N–H and O–H groups in total. The Kier molecular flexibility index (Phi) is 4.88. The van der Waals surface area contributed by atoms with E-state index in [2.05, 4.69) is 27.9 Å². The van der Waals surface area contributed by atoms with Gasteiger partial charge in [-0.25, -0.2) is 4.79 Å². The largest absolute Gasteiger partial charge is 0.467 e. The van der Waals surface area contributed by atoms with Crippen molar-refractivity contribution in [2.75, 3.05) is 46.9 Å². The third kappa shape index (κ3) is 3.44. The fraction of sp³-hybridized carbons (Fsp3) is 0.500. The van der Waals surface area contributed by atoms with Crippen LogP contribution in [0.1, 0.15) is 11.3 Å². The Labute approximate surface area is 158 Å². The van der Waals surface area contributed by atoms with Gasteiger partial charge in [-0.3, -0.25) is 9.69 Å². The smallest absolute Gasteiger partial charge is 0.328 e.